The van der Waals surface area contributed by atoms with Crippen LogP contribution in [0.15, 0.2) is 48.5 Å². The summed E-state index contributed by atoms with van der Waals surface area (Å²) in [5.74, 6) is 0.357. The topological polar surface area (TPSA) is 111 Å². The number of carbonyl (C=O) groups is 2. The number of thioether (sulfide) groups is 1. The predicted octanol–water partition coefficient (Wildman–Crippen LogP) is 4.08. The third-order valence-electron chi connectivity index (χ3n) is 3.71. The fraction of sp³-hybridized carbons (Fsp3) is 0.300. The van der Waals surface area contributed by atoms with E-state index in [0.717, 1.165) is 30.4 Å². The first-order valence-corrected chi connectivity index (χ1v) is 10.3. The summed E-state index contributed by atoms with van der Waals surface area (Å²) in [7, 11) is 0. The number of nitro groups is 1. The van der Waals surface area contributed by atoms with Crippen LogP contribution in [0.5, 0.6) is 5.75 Å². The summed E-state index contributed by atoms with van der Waals surface area (Å²) in [6.45, 7) is 2.76. The number of carbonyl (C=O) groups excluding carboxylic acids is 2. The van der Waals surface area contributed by atoms with Crippen LogP contribution in [0.4, 0.5) is 17.1 Å². The van der Waals surface area contributed by atoms with Gasteiger partial charge in [-0.25, -0.2) is 0 Å². The molecule has 0 aliphatic carbocycles. The number of hydrogen-bond acceptors (Lipinski definition) is 6. The van der Waals surface area contributed by atoms with Crippen LogP contribution in [0, 0.1) is 10.1 Å². The van der Waals surface area contributed by atoms with Gasteiger partial charge in [0.15, 0.2) is 0 Å². The second-order valence-corrected chi connectivity index (χ2v) is 7.11. The lowest BCUT2D eigenvalue weighted by atomic mass is 10.3. The molecule has 0 saturated heterocycles. The van der Waals surface area contributed by atoms with Crippen molar-refractivity contribution < 1.29 is 19.2 Å². The average molecular weight is 417 g/mol. The van der Waals surface area contributed by atoms with Gasteiger partial charge in [0, 0.05) is 23.5 Å². The molecule has 2 rings (SSSR count). The minimum absolute atomic E-state index is 0.0559. The van der Waals surface area contributed by atoms with Crippen LogP contribution in [0.2, 0.25) is 0 Å². The molecule has 0 heterocycles. The second kappa shape index (κ2) is 11.7. The largest absolute Gasteiger partial charge is 0.494 e. The molecule has 0 saturated carbocycles. The van der Waals surface area contributed by atoms with Gasteiger partial charge in [-0.1, -0.05) is 19.4 Å². The molecule has 0 aromatic heterocycles. The van der Waals surface area contributed by atoms with Crippen LogP contribution in [-0.4, -0.2) is 34.9 Å². The Hall–Kier alpha value is -3.07. The molecule has 0 aliphatic rings. The summed E-state index contributed by atoms with van der Waals surface area (Å²) >= 11 is 1.15. The minimum Gasteiger partial charge on any atom is -0.494 e. The van der Waals surface area contributed by atoms with Gasteiger partial charge in [-0.15, -0.1) is 11.8 Å². The van der Waals surface area contributed by atoms with Crippen molar-refractivity contribution in [3.8, 4) is 5.75 Å². The molecule has 0 atom stereocenters. The lowest BCUT2D eigenvalue weighted by molar-refractivity contribution is -0.384. The first kappa shape index (κ1) is 22.2. The Morgan fingerprint density at radius 1 is 1.03 bits per heavy atom. The molecule has 0 bridgehead atoms. The van der Waals surface area contributed by atoms with E-state index in [1.165, 1.54) is 18.2 Å². The Kier molecular flexibility index (Phi) is 8.97. The van der Waals surface area contributed by atoms with Gasteiger partial charge in [-0.2, -0.15) is 0 Å². The van der Waals surface area contributed by atoms with Gasteiger partial charge in [-0.3, -0.25) is 19.7 Å². The molecule has 0 aliphatic heterocycles. The highest BCUT2D eigenvalue weighted by Crippen LogP contribution is 2.18. The molecule has 29 heavy (non-hydrogen) atoms. The molecule has 2 amide bonds. The molecule has 0 spiro atoms. The van der Waals surface area contributed by atoms with Crippen molar-refractivity contribution in [3.63, 3.8) is 0 Å². The van der Waals surface area contributed by atoms with E-state index >= 15 is 0 Å². The lowest BCUT2D eigenvalue weighted by Gasteiger charge is -2.08. The Morgan fingerprint density at radius 2 is 1.69 bits per heavy atom. The molecule has 8 nitrogen and oxygen atoms in total. The molecule has 2 N–H and O–H groups in total. The van der Waals surface area contributed by atoms with E-state index in [1.54, 1.807) is 30.3 Å². The number of anilines is 2. The van der Waals surface area contributed by atoms with E-state index in [4.69, 9.17) is 4.74 Å². The molecule has 154 valence electrons. The van der Waals surface area contributed by atoms with Gasteiger partial charge in [-0.05, 0) is 36.8 Å². The fourth-order valence-electron chi connectivity index (χ4n) is 2.30. The highest BCUT2D eigenvalue weighted by Gasteiger charge is 2.10. The third-order valence-corrected chi connectivity index (χ3v) is 4.64. The second-order valence-electron chi connectivity index (χ2n) is 6.12. The maximum atomic E-state index is 12.0. The van der Waals surface area contributed by atoms with Crippen molar-refractivity contribution in [1.29, 1.82) is 0 Å². The van der Waals surface area contributed by atoms with E-state index in [0.29, 0.717) is 18.0 Å². The summed E-state index contributed by atoms with van der Waals surface area (Å²) in [6.07, 6.45) is 2.06. The average Bonchev–Trinajstić information content (AvgIpc) is 2.69. The van der Waals surface area contributed by atoms with Crippen molar-refractivity contribution in [2.24, 2.45) is 0 Å². The number of nitrogens with zero attached hydrogens (tertiary/aromatic N) is 1. The lowest BCUT2D eigenvalue weighted by Crippen LogP contribution is -2.18. The number of unbranched alkanes of at least 4 members (excludes halogenated alkanes) is 1. The van der Waals surface area contributed by atoms with Crippen LogP contribution in [0.1, 0.15) is 19.8 Å². The number of benzene rings is 2. The van der Waals surface area contributed by atoms with Gasteiger partial charge < -0.3 is 15.4 Å². The number of nitro benzene ring substituents is 1. The number of amides is 2. The van der Waals surface area contributed by atoms with Crippen LogP contribution < -0.4 is 15.4 Å². The van der Waals surface area contributed by atoms with Crippen molar-refractivity contribution in [2.45, 2.75) is 19.8 Å². The number of non-ortho nitro benzene ring substituents is 1. The molecule has 0 unspecified atom stereocenters. The van der Waals surface area contributed by atoms with Crippen molar-refractivity contribution >= 4 is 40.6 Å². The van der Waals surface area contributed by atoms with Crippen LogP contribution in [0.3, 0.4) is 0 Å². The molecular weight excluding hydrogens is 394 g/mol. The van der Waals surface area contributed by atoms with E-state index in [-0.39, 0.29) is 29.0 Å². The first-order chi connectivity index (χ1) is 14.0. The molecule has 2 aromatic carbocycles. The minimum atomic E-state index is -0.529. The van der Waals surface area contributed by atoms with E-state index in [2.05, 4.69) is 17.6 Å². The Bertz CT molecular complexity index is 842. The molecule has 0 fully saturated rings. The smallest absolute Gasteiger partial charge is 0.271 e. The Morgan fingerprint density at radius 3 is 2.31 bits per heavy atom. The molecular formula is C20H23N3O5S. The number of ether oxygens (including phenoxy) is 1. The maximum absolute atomic E-state index is 12.0. The first-order valence-electron chi connectivity index (χ1n) is 9.12. The zero-order valence-electron chi connectivity index (χ0n) is 16.1. The van der Waals surface area contributed by atoms with Crippen molar-refractivity contribution in [2.75, 3.05) is 28.7 Å². The van der Waals surface area contributed by atoms with Crippen LogP contribution in [-0.2, 0) is 9.59 Å². The number of rotatable bonds is 11. The zero-order chi connectivity index (χ0) is 21.1. The monoisotopic (exact) mass is 417 g/mol. The summed E-state index contributed by atoms with van der Waals surface area (Å²) < 4.78 is 5.57. The SMILES string of the molecule is CCCCOc1ccc(NC(=O)CSCC(=O)Nc2cccc([N+](=O)[O-])c2)cc1. The van der Waals surface area contributed by atoms with E-state index in [9.17, 15) is 19.7 Å². The summed E-state index contributed by atoms with van der Waals surface area (Å²) in [6, 6.07) is 12.8. The highest BCUT2D eigenvalue weighted by molar-refractivity contribution is 8.00. The summed E-state index contributed by atoms with van der Waals surface area (Å²) in [5.41, 5.74) is 0.895. The van der Waals surface area contributed by atoms with Crippen LogP contribution in [0.25, 0.3) is 0 Å². The van der Waals surface area contributed by atoms with Gasteiger partial charge in [0.2, 0.25) is 11.8 Å². The van der Waals surface area contributed by atoms with Crippen molar-refractivity contribution in [1.82, 2.24) is 0 Å². The van der Waals surface area contributed by atoms with Gasteiger partial charge in [0.05, 0.1) is 23.0 Å². The molecule has 2 aromatic rings. The predicted molar refractivity (Wildman–Crippen MR) is 115 cm³/mol. The summed E-state index contributed by atoms with van der Waals surface area (Å²) in [4.78, 5) is 34.2. The molecule has 9 heteroatoms. The van der Waals surface area contributed by atoms with Crippen LogP contribution >= 0.6 is 11.8 Å². The zero-order valence-corrected chi connectivity index (χ0v) is 16.9. The van der Waals surface area contributed by atoms with Gasteiger partial charge in [0.25, 0.3) is 5.69 Å². The van der Waals surface area contributed by atoms with Gasteiger partial charge >= 0.3 is 0 Å². The highest BCUT2D eigenvalue weighted by atomic mass is 32.2. The maximum Gasteiger partial charge on any atom is 0.271 e. The van der Waals surface area contributed by atoms with Gasteiger partial charge in [0.1, 0.15) is 5.75 Å². The fourth-order valence-corrected chi connectivity index (χ4v) is 2.91. The Labute approximate surface area is 173 Å². The van der Waals surface area contributed by atoms with E-state index < -0.39 is 4.92 Å². The quantitative estimate of drug-likeness (QED) is 0.324. The molecule has 0 radical (unpaired) electrons. The Balaban J connectivity index is 1.70. The normalized spacial score (nSPS) is 10.2. The van der Waals surface area contributed by atoms with Crippen molar-refractivity contribution in [3.05, 3.63) is 58.6 Å². The standard InChI is InChI=1S/C20H23N3O5S/c1-2-3-11-28-18-9-7-15(8-10-18)21-19(24)13-29-14-20(25)22-16-5-4-6-17(12-16)23(26)27/h4-10,12H,2-3,11,13-14H2,1H3,(H,21,24)(H,22,25). The third kappa shape index (κ3) is 8.22. The number of hydrogen-bond donors (Lipinski definition) is 2. The van der Waals surface area contributed by atoms with E-state index in [1.807, 2.05) is 0 Å². The summed E-state index contributed by atoms with van der Waals surface area (Å²) in [5, 5.41) is 16.1. The number of nitrogens with one attached hydrogen (secondary N) is 2.